The third-order valence-corrected chi connectivity index (χ3v) is 7.16. The van der Waals surface area contributed by atoms with Gasteiger partial charge in [-0.3, -0.25) is 9.59 Å². The van der Waals surface area contributed by atoms with Crippen LogP contribution >= 0.6 is 11.6 Å². The summed E-state index contributed by atoms with van der Waals surface area (Å²) in [5.74, 6) is 0.263. The van der Waals surface area contributed by atoms with Gasteiger partial charge in [0.1, 0.15) is 5.82 Å². The molecule has 4 nitrogen and oxygen atoms in total. The van der Waals surface area contributed by atoms with Gasteiger partial charge in [-0.1, -0.05) is 24.6 Å². The Bertz CT molecular complexity index is 949. The molecule has 164 valence electrons. The number of nitrogens with one attached hydrogen (secondary N) is 1. The van der Waals surface area contributed by atoms with Crippen molar-refractivity contribution >= 4 is 29.1 Å². The van der Waals surface area contributed by atoms with Gasteiger partial charge in [-0.2, -0.15) is 0 Å². The van der Waals surface area contributed by atoms with E-state index in [2.05, 4.69) is 5.32 Å². The number of amides is 2. The maximum absolute atomic E-state index is 13.1. The molecule has 0 bridgehead atoms. The molecule has 1 aliphatic heterocycles. The van der Waals surface area contributed by atoms with Crippen LogP contribution in [0.5, 0.6) is 0 Å². The summed E-state index contributed by atoms with van der Waals surface area (Å²) in [5, 5.41) is 3.48. The Balaban J connectivity index is 1.39. The van der Waals surface area contributed by atoms with Crippen LogP contribution in [0.2, 0.25) is 5.02 Å². The van der Waals surface area contributed by atoms with E-state index < -0.39 is 0 Å². The van der Waals surface area contributed by atoms with Crippen LogP contribution in [0.1, 0.15) is 49.4 Å². The first-order valence-corrected chi connectivity index (χ1v) is 11.4. The highest BCUT2D eigenvalue weighted by Crippen LogP contribution is 2.41. The lowest BCUT2D eigenvalue weighted by Crippen LogP contribution is -2.51. The highest BCUT2D eigenvalue weighted by Gasteiger charge is 2.41. The predicted octanol–water partition coefficient (Wildman–Crippen LogP) is 5.77. The van der Waals surface area contributed by atoms with Gasteiger partial charge >= 0.3 is 0 Å². The standard InChI is InChI=1S/C25H28ClFN2O2/c1-16(24(30)28-22-10-8-21(27)9-11-22)17-7-12-23-18(14-17)5-3-13-29(23)25(31)19-4-2-6-20(26)15-19/h2,4,6,8-11,15-18,23H,3,5,7,12-14H2,1H3,(H,28,30)/t16-,17?,18?,23?/m1/s1. The fraction of sp³-hybridized carbons (Fsp3) is 0.440. The van der Waals surface area contributed by atoms with Crippen LogP contribution in [0.25, 0.3) is 0 Å². The summed E-state index contributed by atoms with van der Waals surface area (Å²) < 4.78 is 13.1. The number of hydrogen-bond acceptors (Lipinski definition) is 2. The van der Waals surface area contributed by atoms with E-state index in [0.29, 0.717) is 22.2 Å². The third-order valence-electron chi connectivity index (χ3n) is 6.92. The van der Waals surface area contributed by atoms with Crippen LogP contribution in [0, 0.1) is 23.6 Å². The van der Waals surface area contributed by atoms with Gasteiger partial charge in [0.25, 0.3) is 5.91 Å². The normalized spacial score (nSPS) is 24.2. The van der Waals surface area contributed by atoms with E-state index in [1.165, 1.54) is 12.1 Å². The molecule has 0 radical (unpaired) electrons. The Kier molecular flexibility index (Phi) is 6.61. The van der Waals surface area contributed by atoms with Crippen molar-refractivity contribution in [1.29, 1.82) is 0 Å². The molecular weight excluding hydrogens is 415 g/mol. The quantitative estimate of drug-likeness (QED) is 0.652. The van der Waals surface area contributed by atoms with Crippen LogP contribution in [-0.4, -0.2) is 29.3 Å². The number of piperidine rings is 1. The van der Waals surface area contributed by atoms with Gasteiger partial charge in [0, 0.05) is 34.8 Å². The second-order valence-corrected chi connectivity index (χ2v) is 9.27. The Morgan fingerprint density at radius 2 is 1.90 bits per heavy atom. The largest absolute Gasteiger partial charge is 0.335 e. The number of benzene rings is 2. The smallest absolute Gasteiger partial charge is 0.254 e. The molecule has 31 heavy (non-hydrogen) atoms. The van der Waals surface area contributed by atoms with Gasteiger partial charge in [0.2, 0.25) is 5.91 Å². The maximum Gasteiger partial charge on any atom is 0.254 e. The fourth-order valence-corrected chi connectivity index (χ4v) is 5.38. The van der Waals surface area contributed by atoms with E-state index in [1.807, 2.05) is 24.0 Å². The van der Waals surface area contributed by atoms with E-state index in [0.717, 1.165) is 38.6 Å². The van der Waals surface area contributed by atoms with Crippen LogP contribution in [0.3, 0.4) is 0 Å². The van der Waals surface area contributed by atoms with Crippen molar-refractivity contribution in [1.82, 2.24) is 4.90 Å². The zero-order valence-electron chi connectivity index (χ0n) is 17.7. The van der Waals surface area contributed by atoms with Crippen molar-refractivity contribution in [3.63, 3.8) is 0 Å². The molecule has 4 atom stereocenters. The van der Waals surface area contributed by atoms with E-state index >= 15 is 0 Å². The minimum Gasteiger partial charge on any atom is -0.335 e. The molecule has 6 heteroatoms. The molecule has 2 aromatic carbocycles. The molecule has 4 rings (SSSR count). The van der Waals surface area contributed by atoms with Gasteiger partial charge in [-0.25, -0.2) is 4.39 Å². The number of fused-ring (bicyclic) bond motifs is 1. The Morgan fingerprint density at radius 1 is 1.13 bits per heavy atom. The number of rotatable bonds is 4. The topological polar surface area (TPSA) is 49.4 Å². The van der Waals surface area contributed by atoms with Crippen molar-refractivity contribution in [2.45, 2.75) is 45.1 Å². The van der Waals surface area contributed by atoms with E-state index in [1.54, 1.807) is 24.3 Å². The third kappa shape index (κ3) is 4.93. The number of carbonyl (C=O) groups is 2. The van der Waals surface area contributed by atoms with E-state index in [4.69, 9.17) is 11.6 Å². The second-order valence-electron chi connectivity index (χ2n) is 8.84. The van der Waals surface area contributed by atoms with Crippen molar-refractivity contribution in [3.8, 4) is 0 Å². The van der Waals surface area contributed by atoms with Crippen molar-refractivity contribution in [2.75, 3.05) is 11.9 Å². The minimum absolute atomic E-state index is 0.0299. The van der Waals surface area contributed by atoms with Gasteiger partial charge in [-0.05, 0) is 86.4 Å². The zero-order valence-corrected chi connectivity index (χ0v) is 18.4. The molecule has 2 aliphatic rings. The van der Waals surface area contributed by atoms with Gasteiger partial charge in [0.05, 0.1) is 0 Å². The van der Waals surface area contributed by atoms with Crippen molar-refractivity contribution in [2.24, 2.45) is 17.8 Å². The van der Waals surface area contributed by atoms with Crippen LogP contribution in [0.4, 0.5) is 10.1 Å². The van der Waals surface area contributed by atoms with E-state index in [9.17, 15) is 14.0 Å². The summed E-state index contributed by atoms with van der Waals surface area (Å²) in [4.78, 5) is 27.9. The molecule has 0 spiro atoms. The number of likely N-dealkylation sites (tertiary alicyclic amines) is 1. The van der Waals surface area contributed by atoms with E-state index in [-0.39, 0.29) is 35.5 Å². The molecule has 0 aromatic heterocycles. The molecule has 1 aliphatic carbocycles. The molecular formula is C25H28ClFN2O2. The molecule has 3 unspecified atom stereocenters. The summed E-state index contributed by atoms with van der Waals surface area (Å²) in [5.41, 5.74) is 1.25. The summed E-state index contributed by atoms with van der Waals surface area (Å²) in [6, 6.07) is 13.2. The maximum atomic E-state index is 13.1. The zero-order chi connectivity index (χ0) is 22.0. The molecule has 1 N–H and O–H groups in total. The summed E-state index contributed by atoms with van der Waals surface area (Å²) >= 11 is 6.09. The Hall–Kier alpha value is -2.40. The lowest BCUT2D eigenvalue weighted by molar-refractivity contribution is -0.121. The molecule has 1 saturated heterocycles. The summed E-state index contributed by atoms with van der Waals surface area (Å²) in [6.07, 6.45) is 4.85. The molecule has 1 saturated carbocycles. The van der Waals surface area contributed by atoms with Crippen molar-refractivity contribution < 1.29 is 14.0 Å². The number of nitrogens with zero attached hydrogens (tertiary/aromatic N) is 1. The monoisotopic (exact) mass is 442 g/mol. The van der Waals surface area contributed by atoms with Gasteiger partial charge in [0.15, 0.2) is 0 Å². The Labute approximate surface area is 187 Å². The van der Waals surface area contributed by atoms with Crippen LogP contribution in [-0.2, 0) is 4.79 Å². The van der Waals surface area contributed by atoms with Gasteiger partial charge < -0.3 is 10.2 Å². The lowest BCUT2D eigenvalue weighted by atomic mass is 9.69. The molecule has 2 amide bonds. The predicted molar refractivity (Wildman–Crippen MR) is 121 cm³/mol. The number of carbonyl (C=O) groups excluding carboxylic acids is 2. The number of anilines is 1. The first kappa shape index (κ1) is 21.8. The first-order chi connectivity index (χ1) is 14.9. The van der Waals surface area contributed by atoms with Crippen LogP contribution in [0.15, 0.2) is 48.5 Å². The fourth-order valence-electron chi connectivity index (χ4n) is 5.19. The molecule has 2 fully saturated rings. The average molecular weight is 443 g/mol. The summed E-state index contributed by atoms with van der Waals surface area (Å²) in [7, 11) is 0. The van der Waals surface area contributed by atoms with Crippen molar-refractivity contribution in [3.05, 3.63) is 64.9 Å². The average Bonchev–Trinajstić information content (AvgIpc) is 2.78. The highest BCUT2D eigenvalue weighted by molar-refractivity contribution is 6.30. The molecule has 1 heterocycles. The lowest BCUT2D eigenvalue weighted by Gasteiger charge is -2.47. The van der Waals surface area contributed by atoms with Crippen LogP contribution < -0.4 is 5.32 Å². The number of hydrogen-bond donors (Lipinski definition) is 1. The number of halogens is 2. The Morgan fingerprint density at radius 3 is 2.65 bits per heavy atom. The minimum atomic E-state index is -0.321. The SMILES string of the molecule is C[C@@H](C(=O)Nc1ccc(F)cc1)C1CCC2C(CCCN2C(=O)c2cccc(Cl)c2)C1. The first-order valence-electron chi connectivity index (χ1n) is 11.1. The summed E-state index contributed by atoms with van der Waals surface area (Å²) in [6.45, 7) is 2.75. The highest BCUT2D eigenvalue weighted by atomic mass is 35.5. The van der Waals surface area contributed by atoms with Gasteiger partial charge in [-0.15, -0.1) is 0 Å². The molecule has 2 aromatic rings. The second kappa shape index (κ2) is 9.39.